The van der Waals surface area contributed by atoms with E-state index < -0.39 is 4.92 Å². The minimum Gasteiger partial charge on any atom is -0.497 e. The minimum atomic E-state index is -0.420. The van der Waals surface area contributed by atoms with E-state index >= 15 is 0 Å². The molecule has 0 aliphatic carbocycles. The van der Waals surface area contributed by atoms with Gasteiger partial charge in [0, 0.05) is 30.4 Å². The number of hydrogen-bond acceptors (Lipinski definition) is 6. The fourth-order valence-corrected chi connectivity index (χ4v) is 4.53. The standard InChI is InChI=1S/C26H22N4O4S/c1-33-20-11-5-17(6-12-20)16-29-25(24(28-26(29)35)21-4-2-3-15-27-21)23-14-13-22(34-23)18-7-9-19(10-8-18)30(31)32/h2-15,24-25H,16H2,1H3,(H,28,35)/t24-,25+/m1/s1. The molecular weight excluding hydrogens is 464 g/mol. The number of pyridine rings is 1. The molecule has 1 aliphatic heterocycles. The molecule has 4 aromatic rings. The predicted octanol–water partition coefficient (Wildman–Crippen LogP) is 5.43. The summed E-state index contributed by atoms with van der Waals surface area (Å²) in [6.07, 6.45) is 1.76. The Kier molecular flexibility index (Phi) is 6.15. The van der Waals surface area contributed by atoms with E-state index in [-0.39, 0.29) is 17.8 Å². The Morgan fingerprint density at radius 2 is 1.86 bits per heavy atom. The third-order valence-corrected chi connectivity index (χ3v) is 6.34. The van der Waals surface area contributed by atoms with E-state index in [1.807, 2.05) is 54.6 Å². The summed E-state index contributed by atoms with van der Waals surface area (Å²) >= 11 is 5.74. The summed E-state index contributed by atoms with van der Waals surface area (Å²) < 4.78 is 11.6. The van der Waals surface area contributed by atoms with Crippen LogP contribution in [0.2, 0.25) is 0 Å². The van der Waals surface area contributed by atoms with E-state index in [2.05, 4.69) is 15.2 Å². The number of non-ortho nitro benzene ring substituents is 1. The molecule has 1 aliphatic rings. The van der Waals surface area contributed by atoms with E-state index in [9.17, 15) is 10.1 Å². The maximum absolute atomic E-state index is 11.0. The second-order valence-electron chi connectivity index (χ2n) is 8.11. The van der Waals surface area contributed by atoms with Gasteiger partial charge in [-0.25, -0.2) is 0 Å². The second kappa shape index (κ2) is 9.55. The van der Waals surface area contributed by atoms with Gasteiger partial charge in [0.2, 0.25) is 0 Å². The zero-order chi connectivity index (χ0) is 24.4. The maximum atomic E-state index is 11.0. The molecule has 35 heavy (non-hydrogen) atoms. The number of benzene rings is 2. The van der Waals surface area contributed by atoms with Crippen LogP contribution in [-0.2, 0) is 6.54 Å². The summed E-state index contributed by atoms with van der Waals surface area (Å²) in [4.78, 5) is 17.2. The number of nitrogens with one attached hydrogen (secondary N) is 1. The van der Waals surface area contributed by atoms with Crippen LogP contribution in [0.5, 0.6) is 5.75 Å². The van der Waals surface area contributed by atoms with Gasteiger partial charge < -0.3 is 19.4 Å². The Morgan fingerprint density at radius 1 is 1.09 bits per heavy atom. The van der Waals surface area contributed by atoms with Crippen LogP contribution in [-0.4, -0.2) is 27.0 Å². The third kappa shape index (κ3) is 4.58. The molecule has 0 saturated carbocycles. The number of nitrogens with zero attached hydrogens (tertiary/aromatic N) is 3. The molecule has 2 atom stereocenters. The third-order valence-electron chi connectivity index (χ3n) is 5.99. The fourth-order valence-electron chi connectivity index (χ4n) is 4.23. The molecule has 0 spiro atoms. The molecule has 1 saturated heterocycles. The van der Waals surface area contributed by atoms with Gasteiger partial charge in [0.05, 0.1) is 23.8 Å². The lowest BCUT2D eigenvalue weighted by Gasteiger charge is -2.26. The normalized spacial score (nSPS) is 17.3. The Labute approximate surface area is 207 Å². The van der Waals surface area contributed by atoms with Crippen LogP contribution in [0.4, 0.5) is 5.69 Å². The Morgan fingerprint density at radius 3 is 2.51 bits per heavy atom. The molecule has 5 rings (SSSR count). The smallest absolute Gasteiger partial charge is 0.269 e. The number of nitro groups is 1. The Hall–Kier alpha value is -4.24. The van der Waals surface area contributed by atoms with Gasteiger partial charge in [-0.3, -0.25) is 15.1 Å². The molecule has 0 unspecified atom stereocenters. The highest BCUT2D eigenvalue weighted by atomic mass is 32.1. The molecule has 3 heterocycles. The lowest BCUT2D eigenvalue weighted by Crippen LogP contribution is -2.29. The zero-order valence-electron chi connectivity index (χ0n) is 18.8. The monoisotopic (exact) mass is 486 g/mol. The molecule has 9 heteroatoms. The van der Waals surface area contributed by atoms with Gasteiger partial charge in [-0.05, 0) is 66.3 Å². The average molecular weight is 487 g/mol. The number of aromatic nitrogens is 1. The van der Waals surface area contributed by atoms with Crippen LogP contribution in [0, 0.1) is 10.1 Å². The molecule has 0 radical (unpaired) electrons. The van der Waals surface area contributed by atoms with Crippen molar-refractivity contribution in [1.82, 2.24) is 15.2 Å². The first-order chi connectivity index (χ1) is 17.0. The predicted molar refractivity (Wildman–Crippen MR) is 135 cm³/mol. The van der Waals surface area contributed by atoms with Crippen molar-refractivity contribution >= 4 is 23.0 Å². The molecule has 1 N–H and O–H groups in total. The molecule has 176 valence electrons. The van der Waals surface area contributed by atoms with Gasteiger partial charge >= 0.3 is 0 Å². The summed E-state index contributed by atoms with van der Waals surface area (Å²) in [7, 11) is 1.64. The van der Waals surface area contributed by atoms with Crippen LogP contribution in [0.3, 0.4) is 0 Å². The molecular formula is C26H22N4O4S. The van der Waals surface area contributed by atoms with E-state index in [4.69, 9.17) is 21.4 Å². The molecule has 2 aromatic heterocycles. The summed E-state index contributed by atoms with van der Waals surface area (Å²) in [6.45, 7) is 0.567. The van der Waals surface area contributed by atoms with Crippen molar-refractivity contribution in [2.45, 2.75) is 18.6 Å². The highest BCUT2D eigenvalue weighted by Gasteiger charge is 2.41. The van der Waals surface area contributed by atoms with Gasteiger partial charge in [0.15, 0.2) is 5.11 Å². The highest BCUT2D eigenvalue weighted by molar-refractivity contribution is 7.80. The average Bonchev–Trinajstić information content (AvgIpc) is 3.50. The first-order valence-electron chi connectivity index (χ1n) is 11.0. The Balaban J connectivity index is 1.49. The second-order valence-corrected chi connectivity index (χ2v) is 8.50. The van der Waals surface area contributed by atoms with E-state index in [0.717, 1.165) is 28.3 Å². The van der Waals surface area contributed by atoms with Crippen LogP contribution in [0.25, 0.3) is 11.3 Å². The number of methoxy groups -OCH3 is 1. The largest absolute Gasteiger partial charge is 0.497 e. The first kappa shape index (κ1) is 22.5. The van der Waals surface area contributed by atoms with Gasteiger partial charge in [0.25, 0.3) is 5.69 Å². The van der Waals surface area contributed by atoms with E-state index in [1.54, 1.807) is 25.4 Å². The number of hydrogen-bond donors (Lipinski definition) is 1. The topological polar surface area (TPSA) is 93.7 Å². The van der Waals surface area contributed by atoms with Crippen molar-refractivity contribution in [3.63, 3.8) is 0 Å². The number of nitro benzene ring substituents is 1. The minimum absolute atomic E-state index is 0.0340. The lowest BCUT2D eigenvalue weighted by molar-refractivity contribution is -0.384. The van der Waals surface area contributed by atoms with Crippen LogP contribution >= 0.6 is 12.2 Å². The van der Waals surface area contributed by atoms with Crippen molar-refractivity contribution in [3.8, 4) is 17.1 Å². The van der Waals surface area contributed by atoms with Crippen LogP contribution in [0.1, 0.15) is 29.1 Å². The van der Waals surface area contributed by atoms with Crippen molar-refractivity contribution in [1.29, 1.82) is 0 Å². The molecule has 0 bridgehead atoms. The fraction of sp³-hybridized carbons (Fsp3) is 0.154. The van der Waals surface area contributed by atoms with Crippen molar-refractivity contribution in [2.75, 3.05) is 7.11 Å². The number of rotatable bonds is 7. The maximum Gasteiger partial charge on any atom is 0.269 e. The van der Waals surface area contributed by atoms with Crippen molar-refractivity contribution < 1.29 is 14.1 Å². The lowest BCUT2D eigenvalue weighted by atomic mass is 10.0. The van der Waals surface area contributed by atoms with Gasteiger partial charge in [-0.15, -0.1) is 0 Å². The van der Waals surface area contributed by atoms with Gasteiger partial charge in [0.1, 0.15) is 23.3 Å². The highest BCUT2D eigenvalue weighted by Crippen LogP contribution is 2.41. The van der Waals surface area contributed by atoms with Gasteiger partial charge in [-0.1, -0.05) is 18.2 Å². The molecule has 0 amide bonds. The zero-order valence-corrected chi connectivity index (χ0v) is 19.6. The van der Waals surface area contributed by atoms with Crippen molar-refractivity contribution in [3.05, 3.63) is 112 Å². The van der Waals surface area contributed by atoms with Gasteiger partial charge in [-0.2, -0.15) is 0 Å². The summed E-state index contributed by atoms with van der Waals surface area (Å²) in [5.74, 6) is 2.13. The Bertz CT molecular complexity index is 1340. The SMILES string of the molecule is COc1ccc(CN2C(=S)N[C@H](c3ccccn3)[C@@H]2c2ccc(-c3ccc([N+](=O)[O-])cc3)o2)cc1. The summed E-state index contributed by atoms with van der Waals surface area (Å²) in [6, 6.07) is 23.3. The van der Waals surface area contributed by atoms with E-state index in [1.165, 1.54) is 12.1 Å². The summed E-state index contributed by atoms with van der Waals surface area (Å²) in [5, 5.41) is 15.0. The van der Waals surface area contributed by atoms with Crippen LogP contribution < -0.4 is 10.1 Å². The first-order valence-corrected chi connectivity index (χ1v) is 11.4. The number of ether oxygens (including phenoxy) is 1. The number of furan rings is 1. The molecule has 8 nitrogen and oxygen atoms in total. The molecule has 1 fully saturated rings. The summed E-state index contributed by atoms with van der Waals surface area (Å²) in [5.41, 5.74) is 2.72. The quantitative estimate of drug-likeness (QED) is 0.210. The number of thiocarbonyl (C=S) groups is 1. The van der Waals surface area contributed by atoms with Crippen molar-refractivity contribution in [2.24, 2.45) is 0 Å². The molecule has 2 aromatic carbocycles. The van der Waals surface area contributed by atoms with Crippen LogP contribution in [0.15, 0.2) is 89.5 Å². The van der Waals surface area contributed by atoms with E-state index in [0.29, 0.717) is 17.4 Å².